The summed E-state index contributed by atoms with van der Waals surface area (Å²) in [6.07, 6.45) is 22.8. The van der Waals surface area contributed by atoms with Crippen molar-refractivity contribution in [3.05, 3.63) is 0 Å². The molecule has 0 amide bonds. The van der Waals surface area contributed by atoms with Gasteiger partial charge in [-0.1, -0.05) is 117 Å². The third-order valence-electron chi connectivity index (χ3n) is 6.13. The smallest absolute Gasteiger partial charge is 0.305 e. The molecule has 0 aromatic rings. The van der Waals surface area contributed by atoms with Gasteiger partial charge in [-0.3, -0.25) is 4.79 Å². The van der Waals surface area contributed by atoms with Gasteiger partial charge in [0.25, 0.3) is 0 Å². The summed E-state index contributed by atoms with van der Waals surface area (Å²) in [7, 11) is 0. The van der Waals surface area contributed by atoms with E-state index in [0.29, 0.717) is 58.4 Å². The van der Waals surface area contributed by atoms with Crippen LogP contribution < -0.4 is 0 Å². The van der Waals surface area contributed by atoms with E-state index in [2.05, 4.69) is 20.8 Å². The van der Waals surface area contributed by atoms with Crippen molar-refractivity contribution >= 4 is 5.97 Å². The van der Waals surface area contributed by atoms with E-state index in [1.54, 1.807) is 0 Å². The Bertz CT molecular complexity index is 414. The minimum Gasteiger partial charge on any atom is -0.466 e. The maximum atomic E-state index is 11.8. The third kappa shape index (κ3) is 31.3. The fourth-order valence-electron chi connectivity index (χ4n) is 3.99. The van der Waals surface area contributed by atoms with Crippen LogP contribution in [0.5, 0.6) is 0 Å². The minimum atomic E-state index is -0.104. The summed E-state index contributed by atoms with van der Waals surface area (Å²) in [5.74, 6) is 0.451. The average molecular weight is 501 g/mol. The van der Waals surface area contributed by atoms with Crippen LogP contribution in [0.1, 0.15) is 136 Å². The Kier molecular flexibility index (Phi) is 29.0. The first-order chi connectivity index (χ1) is 17.2. The van der Waals surface area contributed by atoms with Crippen LogP contribution in [-0.2, 0) is 23.7 Å². The number of hydrogen-bond donors (Lipinski definition) is 0. The molecule has 5 nitrogen and oxygen atoms in total. The molecule has 0 N–H and O–H groups in total. The van der Waals surface area contributed by atoms with Gasteiger partial charge in [0, 0.05) is 19.6 Å². The van der Waals surface area contributed by atoms with Crippen LogP contribution in [0.15, 0.2) is 0 Å². The van der Waals surface area contributed by atoms with E-state index in [1.165, 1.54) is 89.9 Å². The van der Waals surface area contributed by atoms with Crippen molar-refractivity contribution in [1.82, 2.24) is 0 Å². The van der Waals surface area contributed by atoms with Crippen molar-refractivity contribution in [1.29, 1.82) is 0 Å². The van der Waals surface area contributed by atoms with Crippen LogP contribution >= 0.6 is 0 Å². The number of carbonyl (C=O) groups is 1. The summed E-state index contributed by atoms with van der Waals surface area (Å²) >= 11 is 0. The third-order valence-corrected chi connectivity index (χ3v) is 6.13. The molecule has 0 aliphatic heterocycles. The maximum Gasteiger partial charge on any atom is 0.305 e. The normalized spacial score (nSPS) is 11.4. The van der Waals surface area contributed by atoms with Gasteiger partial charge in [-0.15, -0.1) is 0 Å². The predicted molar refractivity (Wildman–Crippen MR) is 147 cm³/mol. The van der Waals surface area contributed by atoms with E-state index >= 15 is 0 Å². The number of rotatable bonds is 29. The molecule has 0 saturated carbocycles. The molecule has 0 aliphatic carbocycles. The Labute approximate surface area is 218 Å². The Balaban J connectivity index is 3.14. The molecular formula is C30H60O5. The zero-order chi connectivity index (χ0) is 25.7. The number of carbonyl (C=O) groups excluding carboxylic acids is 1. The van der Waals surface area contributed by atoms with E-state index in [0.717, 1.165) is 19.4 Å². The fourth-order valence-corrected chi connectivity index (χ4v) is 3.99. The highest BCUT2D eigenvalue weighted by atomic mass is 16.5. The second kappa shape index (κ2) is 29.6. The lowest BCUT2D eigenvalue weighted by molar-refractivity contribution is -0.144. The van der Waals surface area contributed by atoms with Gasteiger partial charge in [0.05, 0.1) is 33.0 Å². The summed E-state index contributed by atoms with van der Waals surface area (Å²) < 4.78 is 21.7. The van der Waals surface area contributed by atoms with E-state index in [-0.39, 0.29) is 5.97 Å². The number of hydrogen-bond acceptors (Lipinski definition) is 5. The lowest BCUT2D eigenvalue weighted by atomic mass is 10.0. The highest BCUT2D eigenvalue weighted by molar-refractivity contribution is 5.69. The summed E-state index contributed by atoms with van der Waals surface area (Å²) in [5.41, 5.74) is 0. The molecule has 35 heavy (non-hydrogen) atoms. The fraction of sp³-hybridized carbons (Fsp3) is 0.967. The van der Waals surface area contributed by atoms with Crippen LogP contribution in [0, 0.1) is 5.92 Å². The monoisotopic (exact) mass is 500 g/mol. The van der Waals surface area contributed by atoms with Crippen molar-refractivity contribution in [3.8, 4) is 0 Å². The molecule has 210 valence electrons. The molecule has 0 atom stereocenters. The van der Waals surface area contributed by atoms with E-state index in [4.69, 9.17) is 18.9 Å². The molecule has 0 aliphatic rings. The number of unbranched alkanes of at least 4 members (excludes halogenated alkanes) is 15. The molecular weight excluding hydrogens is 440 g/mol. The molecule has 0 radical (unpaired) electrons. The summed E-state index contributed by atoms with van der Waals surface area (Å²) in [4.78, 5) is 11.8. The first kappa shape index (κ1) is 34.4. The van der Waals surface area contributed by atoms with Crippen LogP contribution in [0.25, 0.3) is 0 Å². The van der Waals surface area contributed by atoms with Crippen molar-refractivity contribution < 1.29 is 23.7 Å². The van der Waals surface area contributed by atoms with Gasteiger partial charge in [-0.05, 0) is 18.8 Å². The zero-order valence-corrected chi connectivity index (χ0v) is 23.8. The Hall–Kier alpha value is -0.650. The van der Waals surface area contributed by atoms with Gasteiger partial charge in [-0.25, -0.2) is 0 Å². The van der Waals surface area contributed by atoms with Gasteiger partial charge >= 0.3 is 5.97 Å². The van der Waals surface area contributed by atoms with E-state index in [1.807, 2.05) is 0 Å². The largest absolute Gasteiger partial charge is 0.466 e. The Morgan fingerprint density at radius 1 is 0.514 bits per heavy atom. The van der Waals surface area contributed by atoms with Gasteiger partial charge in [0.15, 0.2) is 0 Å². The number of ether oxygens (including phenoxy) is 4. The molecule has 5 heteroatoms. The highest BCUT2D eigenvalue weighted by Crippen LogP contribution is 2.13. The van der Waals surface area contributed by atoms with Gasteiger partial charge in [0.2, 0.25) is 0 Å². The molecule has 0 bridgehead atoms. The van der Waals surface area contributed by atoms with Crippen molar-refractivity contribution in [3.63, 3.8) is 0 Å². The standard InChI is InChI=1S/C30H60O5/c1-4-5-6-7-8-9-10-11-12-13-14-15-16-17-18-19-23-35-30(31)21-20-22-32-24-25-33-26-27-34-28-29(2)3/h29H,4-28H2,1-3H3. The molecule has 0 saturated heterocycles. The molecule has 0 spiro atoms. The lowest BCUT2D eigenvalue weighted by Crippen LogP contribution is -2.12. The molecule has 0 fully saturated rings. The minimum absolute atomic E-state index is 0.104. The van der Waals surface area contributed by atoms with Crippen molar-refractivity contribution in [2.75, 3.05) is 46.2 Å². The molecule has 0 aromatic carbocycles. The summed E-state index contributed by atoms with van der Waals surface area (Å²) in [6, 6.07) is 0. The Morgan fingerprint density at radius 3 is 1.43 bits per heavy atom. The maximum absolute atomic E-state index is 11.8. The molecule has 0 heterocycles. The van der Waals surface area contributed by atoms with Gasteiger partial charge in [0.1, 0.15) is 0 Å². The van der Waals surface area contributed by atoms with Crippen molar-refractivity contribution in [2.24, 2.45) is 5.92 Å². The van der Waals surface area contributed by atoms with Gasteiger partial charge < -0.3 is 18.9 Å². The first-order valence-electron chi connectivity index (χ1n) is 15.1. The zero-order valence-electron chi connectivity index (χ0n) is 23.8. The van der Waals surface area contributed by atoms with E-state index in [9.17, 15) is 4.79 Å². The van der Waals surface area contributed by atoms with Crippen molar-refractivity contribution in [2.45, 2.75) is 136 Å². The van der Waals surface area contributed by atoms with Crippen LogP contribution in [0.4, 0.5) is 0 Å². The van der Waals surface area contributed by atoms with Crippen LogP contribution in [0.3, 0.4) is 0 Å². The molecule has 0 aromatic heterocycles. The Morgan fingerprint density at radius 2 is 0.943 bits per heavy atom. The lowest BCUT2D eigenvalue weighted by Gasteiger charge is -2.08. The SMILES string of the molecule is CCCCCCCCCCCCCCCCCCOC(=O)CCCOCCOCCOCC(C)C. The highest BCUT2D eigenvalue weighted by Gasteiger charge is 2.03. The predicted octanol–water partition coefficient (Wildman–Crippen LogP) is 8.28. The van der Waals surface area contributed by atoms with Crippen LogP contribution in [0.2, 0.25) is 0 Å². The van der Waals surface area contributed by atoms with Crippen LogP contribution in [-0.4, -0.2) is 52.2 Å². The topological polar surface area (TPSA) is 54.0 Å². The first-order valence-corrected chi connectivity index (χ1v) is 15.1. The van der Waals surface area contributed by atoms with Gasteiger partial charge in [-0.2, -0.15) is 0 Å². The second-order valence-corrected chi connectivity index (χ2v) is 10.3. The quantitative estimate of drug-likeness (QED) is 0.0764. The number of esters is 1. The van der Waals surface area contributed by atoms with E-state index < -0.39 is 0 Å². The molecule has 0 rings (SSSR count). The summed E-state index contributed by atoms with van der Waals surface area (Å²) in [5, 5.41) is 0. The molecule has 0 unspecified atom stereocenters. The summed E-state index contributed by atoms with van der Waals surface area (Å²) in [6.45, 7) is 10.8. The average Bonchev–Trinajstić information content (AvgIpc) is 2.84. The second-order valence-electron chi connectivity index (χ2n) is 10.3.